The molecule has 2 rings (SSSR count). The third-order valence-corrected chi connectivity index (χ3v) is 4.34. The molecule has 0 atom stereocenters. The first-order valence-corrected chi connectivity index (χ1v) is 7.96. The minimum atomic E-state index is -0.128. The normalized spacial score (nSPS) is 10.2. The first kappa shape index (κ1) is 15.1. The topological polar surface area (TPSA) is 47.6 Å². The SMILES string of the molecule is CCOc1cc(NC(=O)c2csc(I)c2)ccc1OC. The highest BCUT2D eigenvalue weighted by atomic mass is 127. The number of carbonyl (C=O) groups excluding carboxylic acids is 1. The van der Waals surface area contributed by atoms with Gasteiger partial charge in [-0.25, -0.2) is 0 Å². The van der Waals surface area contributed by atoms with Gasteiger partial charge in [0.2, 0.25) is 0 Å². The number of anilines is 1. The highest BCUT2D eigenvalue weighted by Gasteiger charge is 2.10. The van der Waals surface area contributed by atoms with Crippen LogP contribution in [0.15, 0.2) is 29.6 Å². The molecule has 6 heteroatoms. The van der Waals surface area contributed by atoms with E-state index in [9.17, 15) is 4.79 Å². The van der Waals surface area contributed by atoms with Crippen molar-refractivity contribution in [3.8, 4) is 11.5 Å². The minimum absolute atomic E-state index is 0.128. The molecule has 4 nitrogen and oxygen atoms in total. The Kier molecular flexibility index (Phi) is 5.24. The van der Waals surface area contributed by atoms with Gasteiger partial charge in [0.25, 0.3) is 5.91 Å². The van der Waals surface area contributed by atoms with Crippen LogP contribution in [0.5, 0.6) is 11.5 Å². The summed E-state index contributed by atoms with van der Waals surface area (Å²) in [4.78, 5) is 12.1. The van der Waals surface area contributed by atoms with Crippen molar-refractivity contribution in [2.75, 3.05) is 19.0 Å². The van der Waals surface area contributed by atoms with Gasteiger partial charge in [0.05, 0.1) is 22.2 Å². The number of rotatable bonds is 5. The zero-order valence-electron chi connectivity index (χ0n) is 11.1. The fraction of sp³-hybridized carbons (Fsp3) is 0.214. The molecular formula is C14H14INO3S. The molecule has 106 valence electrons. The molecule has 0 aliphatic carbocycles. The van der Waals surface area contributed by atoms with Crippen LogP contribution >= 0.6 is 33.9 Å². The lowest BCUT2D eigenvalue weighted by atomic mass is 10.2. The zero-order valence-corrected chi connectivity index (χ0v) is 14.1. The number of methoxy groups -OCH3 is 1. The second-order valence-electron chi connectivity index (χ2n) is 3.89. The molecule has 0 fully saturated rings. The average molecular weight is 403 g/mol. The van der Waals surface area contributed by atoms with E-state index in [1.165, 1.54) is 0 Å². The van der Waals surface area contributed by atoms with Crippen molar-refractivity contribution in [2.24, 2.45) is 0 Å². The number of thiophene rings is 1. The largest absolute Gasteiger partial charge is 0.493 e. The average Bonchev–Trinajstić information content (AvgIpc) is 2.86. The number of benzene rings is 1. The van der Waals surface area contributed by atoms with Gasteiger partial charge in [-0.1, -0.05) is 0 Å². The molecule has 2 aromatic rings. The first-order valence-electron chi connectivity index (χ1n) is 6.00. The van der Waals surface area contributed by atoms with Crippen molar-refractivity contribution in [3.63, 3.8) is 0 Å². The maximum absolute atomic E-state index is 12.1. The van der Waals surface area contributed by atoms with Crippen LogP contribution in [0.3, 0.4) is 0 Å². The van der Waals surface area contributed by atoms with Crippen LogP contribution in [0.25, 0.3) is 0 Å². The lowest BCUT2D eigenvalue weighted by molar-refractivity contribution is 0.102. The van der Waals surface area contributed by atoms with E-state index in [1.54, 1.807) is 36.6 Å². The molecule has 0 saturated heterocycles. The van der Waals surface area contributed by atoms with E-state index in [4.69, 9.17) is 9.47 Å². The van der Waals surface area contributed by atoms with E-state index in [0.29, 0.717) is 29.4 Å². The molecule has 1 amide bonds. The fourth-order valence-electron chi connectivity index (χ4n) is 1.66. The van der Waals surface area contributed by atoms with Crippen LogP contribution in [0.1, 0.15) is 17.3 Å². The van der Waals surface area contributed by atoms with E-state index in [2.05, 4.69) is 27.9 Å². The summed E-state index contributed by atoms with van der Waals surface area (Å²) in [5.41, 5.74) is 1.34. The maximum Gasteiger partial charge on any atom is 0.256 e. The summed E-state index contributed by atoms with van der Waals surface area (Å²) in [7, 11) is 1.59. The predicted octanol–water partition coefficient (Wildman–Crippen LogP) is 4.01. The number of ether oxygens (including phenoxy) is 2. The van der Waals surface area contributed by atoms with Crippen LogP contribution in [0.2, 0.25) is 0 Å². The van der Waals surface area contributed by atoms with Gasteiger partial charge in [-0.15, -0.1) is 11.3 Å². The third kappa shape index (κ3) is 3.63. The Balaban J connectivity index is 2.17. The summed E-state index contributed by atoms with van der Waals surface area (Å²) in [6, 6.07) is 7.18. The summed E-state index contributed by atoms with van der Waals surface area (Å²) in [6.07, 6.45) is 0. The minimum Gasteiger partial charge on any atom is -0.493 e. The number of amides is 1. The number of carbonyl (C=O) groups is 1. The lowest BCUT2D eigenvalue weighted by Crippen LogP contribution is -2.11. The molecule has 20 heavy (non-hydrogen) atoms. The first-order chi connectivity index (χ1) is 9.63. The Hall–Kier alpha value is -1.28. The van der Waals surface area contributed by atoms with Gasteiger partial charge >= 0.3 is 0 Å². The van der Waals surface area contributed by atoms with Crippen LogP contribution in [0.4, 0.5) is 5.69 Å². The third-order valence-electron chi connectivity index (χ3n) is 2.55. The molecule has 0 unspecified atom stereocenters. The van der Waals surface area contributed by atoms with Gasteiger partial charge in [-0.2, -0.15) is 0 Å². The van der Waals surface area contributed by atoms with Gasteiger partial charge < -0.3 is 14.8 Å². The molecule has 0 saturated carbocycles. The number of hydrogen-bond acceptors (Lipinski definition) is 4. The fourth-order valence-corrected chi connectivity index (χ4v) is 2.98. The van der Waals surface area contributed by atoms with E-state index in [-0.39, 0.29) is 5.91 Å². The van der Waals surface area contributed by atoms with Crippen molar-refractivity contribution < 1.29 is 14.3 Å². The molecule has 1 heterocycles. The van der Waals surface area contributed by atoms with Crippen LogP contribution < -0.4 is 14.8 Å². The van der Waals surface area contributed by atoms with Crippen LogP contribution in [-0.4, -0.2) is 19.6 Å². The molecule has 0 bridgehead atoms. The molecular weight excluding hydrogens is 389 g/mol. The molecule has 0 aliphatic heterocycles. The highest BCUT2D eigenvalue weighted by molar-refractivity contribution is 14.1. The molecule has 1 N–H and O–H groups in total. The van der Waals surface area contributed by atoms with Gasteiger partial charge in [0, 0.05) is 17.1 Å². The van der Waals surface area contributed by atoms with E-state index < -0.39 is 0 Å². The van der Waals surface area contributed by atoms with E-state index in [1.807, 2.05) is 18.4 Å². The molecule has 1 aromatic heterocycles. The highest BCUT2D eigenvalue weighted by Crippen LogP contribution is 2.30. The van der Waals surface area contributed by atoms with Gasteiger partial charge in [0.1, 0.15) is 0 Å². The Bertz CT molecular complexity index is 612. The second-order valence-corrected chi connectivity index (χ2v) is 6.70. The number of nitrogens with one attached hydrogen (secondary N) is 1. The summed E-state index contributed by atoms with van der Waals surface area (Å²) in [5.74, 6) is 1.14. The van der Waals surface area contributed by atoms with Gasteiger partial charge in [-0.05, 0) is 47.7 Å². The van der Waals surface area contributed by atoms with Gasteiger partial charge in [0.15, 0.2) is 11.5 Å². The quantitative estimate of drug-likeness (QED) is 0.768. The molecule has 0 radical (unpaired) electrons. The number of hydrogen-bond donors (Lipinski definition) is 1. The van der Waals surface area contributed by atoms with E-state index in [0.717, 1.165) is 2.88 Å². The van der Waals surface area contributed by atoms with Gasteiger partial charge in [-0.3, -0.25) is 4.79 Å². The van der Waals surface area contributed by atoms with Crippen molar-refractivity contribution in [1.82, 2.24) is 0 Å². The van der Waals surface area contributed by atoms with Crippen molar-refractivity contribution in [1.29, 1.82) is 0 Å². The summed E-state index contributed by atoms with van der Waals surface area (Å²) in [5, 5.41) is 4.69. The predicted molar refractivity (Wildman–Crippen MR) is 89.2 cm³/mol. The Labute approximate surface area is 135 Å². The lowest BCUT2D eigenvalue weighted by Gasteiger charge is -2.11. The van der Waals surface area contributed by atoms with Crippen LogP contribution in [0, 0.1) is 2.88 Å². The standard InChI is InChI=1S/C14H14INO3S/c1-3-19-12-7-10(4-5-11(12)18-2)16-14(17)9-6-13(15)20-8-9/h4-8H,3H2,1-2H3,(H,16,17). The summed E-state index contributed by atoms with van der Waals surface area (Å²) >= 11 is 3.73. The number of halogens is 1. The Morgan fingerprint density at radius 2 is 2.15 bits per heavy atom. The second kappa shape index (κ2) is 6.94. The maximum atomic E-state index is 12.1. The smallest absolute Gasteiger partial charge is 0.256 e. The summed E-state index contributed by atoms with van der Waals surface area (Å²) in [6.45, 7) is 2.44. The monoisotopic (exact) mass is 403 g/mol. The summed E-state index contributed by atoms with van der Waals surface area (Å²) < 4.78 is 11.8. The molecule has 0 aliphatic rings. The van der Waals surface area contributed by atoms with E-state index >= 15 is 0 Å². The van der Waals surface area contributed by atoms with Crippen LogP contribution in [-0.2, 0) is 0 Å². The Morgan fingerprint density at radius 1 is 1.35 bits per heavy atom. The van der Waals surface area contributed by atoms with Crippen molar-refractivity contribution >= 4 is 45.5 Å². The Morgan fingerprint density at radius 3 is 2.75 bits per heavy atom. The van der Waals surface area contributed by atoms with Crippen molar-refractivity contribution in [2.45, 2.75) is 6.92 Å². The zero-order chi connectivity index (χ0) is 14.5. The molecule has 1 aromatic carbocycles. The van der Waals surface area contributed by atoms with Crippen molar-refractivity contribution in [3.05, 3.63) is 38.1 Å². The molecule has 0 spiro atoms.